The summed E-state index contributed by atoms with van der Waals surface area (Å²) in [6.45, 7) is 4.42. The quantitative estimate of drug-likeness (QED) is 0.627. The van der Waals surface area contributed by atoms with Gasteiger partial charge in [-0.3, -0.25) is 0 Å². The molecule has 0 saturated carbocycles. The number of nitrogens with zero attached hydrogens (tertiary/aromatic N) is 1. The summed E-state index contributed by atoms with van der Waals surface area (Å²) in [5.74, 6) is 0. The van der Waals surface area contributed by atoms with Gasteiger partial charge >= 0.3 is 6.09 Å². The fourth-order valence-electron chi connectivity index (χ4n) is 4.09. The molecule has 1 aliphatic rings. The SMILES string of the molecule is COCC(C)(O)C[C@]1(c2ccccc2)CCN([C@@H](C)c2ccc(Br)cc2)C(=O)O1. The summed E-state index contributed by atoms with van der Waals surface area (Å²) in [6, 6.07) is 17.5. The van der Waals surface area contributed by atoms with Crippen molar-refractivity contribution in [3.05, 3.63) is 70.2 Å². The zero-order valence-electron chi connectivity index (χ0n) is 17.1. The molecule has 1 unspecified atom stereocenters. The first-order chi connectivity index (χ1) is 13.8. The maximum absolute atomic E-state index is 13.1. The van der Waals surface area contributed by atoms with Crippen molar-refractivity contribution in [1.29, 1.82) is 0 Å². The lowest BCUT2D eigenvalue weighted by molar-refractivity contribution is -0.121. The van der Waals surface area contributed by atoms with E-state index in [1.807, 2.05) is 61.5 Å². The molecule has 1 fully saturated rings. The number of benzene rings is 2. The number of carbonyl (C=O) groups excluding carboxylic acids is 1. The molecule has 0 spiro atoms. The number of rotatable bonds is 7. The summed E-state index contributed by atoms with van der Waals surface area (Å²) in [4.78, 5) is 14.8. The molecule has 0 bridgehead atoms. The molecule has 1 amide bonds. The number of aliphatic hydroxyl groups is 1. The van der Waals surface area contributed by atoms with Gasteiger partial charge in [-0.25, -0.2) is 4.79 Å². The Kier molecular flexibility index (Phi) is 6.66. The van der Waals surface area contributed by atoms with Crippen LogP contribution in [0.3, 0.4) is 0 Å². The molecule has 3 atom stereocenters. The Balaban J connectivity index is 1.86. The van der Waals surface area contributed by atoms with Crippen molar-refractivity contribution < 1.29 is 19.4 Å². The Morgan fingerprint density at radius 3 is 2.48 bits per heavy atom. The van der Waals surface area contributed by atoms with Gasteiger partial charge in [0, 0.05) is 31.0 Å². The van der Waals surface area contributed by atoms with E-state index in [2.05, 4.69) is 15.9 Å². The zero-order valence-corrected chi connectivity index (χ0v) is 18.7. The minimum atomic E-state index is -1.12. The van der Waals surface area contributed by atoms with Gasteiger partial charge < -0.3 is 19.5 Å². The molecule has 6 heteroatoms. The molecule has 2 aromatic carbocycles. The molecule has 156 valence electrons. The van der Waals surface area contributed by atoms with Gasteiger partial charge in [0.05, 0.1) is 18.2 Å². The highest BCUT2D eigenvalue weighted by atomic mass is 79.9. The number of ether oxygens (including phenoxy) is 2. The van der Waals surface area contributed by atoms with E-state index in [4.69, 9.17) is 9.47 Å². The van der Waals surface area contributed by atoms with E-state index in [9.17, 15) is 9.90 Å². The number of halogens is 1. The lowest BCUT2D eigenvalue weighted by Gasteiger charge is -2.46. The molecule has 1 aliphatic heterocycles. The fraction of sp³-hybridized carbons (Fsp3) is 0.435. The van der Waals surface area contributed by atoms with Gasteiger partial charge in [-0.1, -0.05) is 58.4 Å². The molecule has 1 heterocycles. The van der Waals surface area contributed by atoms with Crippen LogP contribution in [0.5, 0.6) is 0 Å². The van der Waals surface area contributed by atoms with E-state index >= 15 is 0 Å². The van der Waals surface area contributed by atoms with Gasteiger partial charge in [-0.05, 0) is 37.1 Å². The van der Waals surface area contributed by atoms with Gasteiger partial charge in [0.15, 0.2) is 0 Å². The Hall–Kier alpha value is -1.89. The highest BCUT2D eigenvalue weighted by Crippen LogP contribution is 2.42. The summed E-state index contributed by atoms with van der Waals surface area (Å²) in [5.41, 5.74) is -0.0786. The Bertz CT molecular complexity index is 825. The topological polar surface area (TPSA) is 59.0 Å². The Morgan fingerprint density at radius 2 is 1.90 bits per heavy atom. The minimum Gasteiger partial charge on any atom is -0.438 e. The van der Waals surface area contributed by atoms with Crippen LogP contribution in [0.4, 0.5) is 4.79 Å². The first-order valence-electron chi connectivity index (χ1n) is 9.78. The minimum absolute atomic E-state index is 0.108. The van der Waals surface area contributed by atoms with Crippen molar-refractivity contribution in [2.45, 2.75) is 43.9 Å². The lowest BCUT2D eigenvalue weighted by atomic mass is 9.79. The van der Waals surface area contributed by atoms with E-state index in [0.29, 0.717) is 13.0 Å². The summed E-state index contributed by atoms with van der Waals surface area (Å²) >= 11 is 3.44. The molecule has 29 heavy (non-hydrogen) atoms. The maximum atomic E-state index is 13.1. The molecule has 1 saturated heterocycles. The molecule has 2 aromatic rings. The summed E-state index contributed by atoms with van der Waals surface area (Å²) < 4.78 is 12.3. The van der Waals surface area contributed by atoms with Crippen LogP contribution >= 0.6 is 15.9 Å². The van der Waals surface area contributed by atoms with E-state index in [1.54, 1.807) is 18.9 Å². The number of carbonyl (C=O) groups is 1. The van der Waals surface area contributed by atoms with Crippen LogP contribution in [0.15, 0.2) is 59.1 Å². The summed E-state index contributed by atoms with van der Waals surface area (Å²) in [7, 11) is 1.55. The average Bonchev–Trinajstić information content (AvgIpc) is 2.68. The van der Waals surface area contributed by atoms with E-state index in [0.717, 1.165) is 15.6 Å². The van der Waals surface area contributed by atoms with Crippen molar-refractivity contribution in [2.75, 3.05) is 20.3 Å². The molecule has 0 aliphatic carbocycles. The van der Waals surface area contributed by atoms with Crippen molar-refractivity contribution in [1.82, 2.24) is 4.90 Å². The predicted octanol–water partition coefficient (Wildman–Crippen LogP) is 5.04. The highest BCUT2D eigenvalue weighted by Gasteiger charge is 2.47. The number of methoxy groups -OCH3 is 1. The smallest absolute Gasteiger partial charge is 0.411 e. The second kappa shape index (κ2) is 8.86. The standard InChI is InChI=1S/C23H28BrNO4/c1-17(18-9-11-20(24)12-10-18)25-14-13-23(29-21(25)26,15-22(2,27)16-28-3)19-7-5-4-6-8-19/h4-12,17,27H,13-16H2,1-3H3/t17-,22?,23-/m0/s1. The third kappa shape index (κ3) is 5.00. The Morgan fingerprint density at radius 1 is 1.24 bits per heavy atom. The third-order valence-corrected chi connectivity index (χ3v) is 6.04. The van der Waals surface area contributed by atoms with Gasteiger partial charge in [0.2, 0.25) is 0 Å². The van der Waals surface area contributed by atoms with Crippen LogP contribution in [-0.4, -0.2) is 42.0 Å². The largest absolute Gasteiger partial charge is 0.438 e. The molecule has 3 rings (SSSR count). The highest BCUT2D eigenvalue weighted by molar-refractivity contribution is 9.10. The normalized spacial score (nSPS) is 22.7. The number of hydrogen-bond acceptors (Lipinski definition) is 4. The molecule has 5 nitrogen and oxygen atoms in total. The predicted molar refractivity (Wildman–Crippen MR) is 116 cm³/mol. The number of hydrogen-bond donors (Lipinski definition) is 1. The van der Waals surface area contributed by atoms with E-state index < -0.39 is 11.2 Å². The van der Waals surface area contributed by atoms with Crippen molar-refractivity contribution >= 4 is 22.0 Å². The van der Waals surface area contributed by atoms with Crippen LogP contribution in [0.2, 0.25) is 0 Å². The third-order valence-electron chi connectivity index (χ3n) is 5.52. The van der Waals surface area contributed by atoms with E-state index in [1.165, 1.54) is 0 Å². The summed E-state index contributed by atoms with van der Waals surface area (Å²) in [5, 5.41) is 10.8. The average molecular weight is 462 g/mol. The first-order valence-corrected chi connectivity index (χ1v) is 10.6. The number of cyclic esters (lactones) is 1. The van der Waals surface area contributed by atoms with Gasteiger partial charge in [0.25, 0.3) is 0 Å². The summed E-state index contributed by atoms with van der Waals surface area (Å²) in [6.07, 6.45) is 0.483. The second-order valence-electron chi connectivity index (χ2n) is 8.01. The molecule has 0 aromatic heterocycles. The molecular formula is C23H28BrNO4. The van der Waals surface area contributed by atoms with Crippen LogP contribution in [0.1, 0.15) is 43.9 Å². The van der Waals surface area contributed by atoms with Gasteiger partial charge in [-0.2, -0.15) is 0 Å². The monoisotopic (exact) mass is 461 g/mol. The fourth-order valence-corrected chi connectivity index (χ4v) is 4.36. The van der Waals surface area contributed by atoms with E-state index in [-0.39, 0.29) is 25.2 Å². The van der Waals surface area contributed by atoms with Crippen LogP contribution < -0.4 is 0 Å². The van der Waals surface area contributed by atoms with Crippen molar-refractivity contribution in [3.63, 3.8) is 0 Å². The zero-order chi connectivity index (χ0) is 21.1. The van der Waals surface area contributed by atoms with Crippen molar-refractivity contribution in [3.8, 4) is 0 Å². The van der Waals surface area contributed by atoms with Crippen LogP contribution in [-0.2, 0) is 15.1 Å². The van der Waals surface area contributed by atoms with Crippen LogP contribution in [0.25, 0.3) is 0 Å². The number of amides is 1. The first kappa shape index (κ1) is 21.8. The van der Waals surface area contributed by atoms with Crippen molar-refractivity contribution in [2.24, 2.45) is 0 Å². The maximum Gasteiger partial charge on any atom is 0.411 e. The molecule has 0 radical (unpaired) electrons. The molecular weight excluding hydrogens is 434 g/mol. The van der Waals surface area contributed by atoms with Gasteiger partial charge in [0.1, 0.15) is 5.60 Å². The molecule has 1 N–H and O–H groups in total. The Labute approximate surface area is 180 Å². The second-order valence-corrected chi connectivity index (χ2v) is 8.92. The lowest BCUT2D eigenvalue weighted by Crippen LogP contribution is -2.52. The van der Waals surface area contributed by atoms with Gasteiger partial charge in [-0.15, -0.1) is 0 Å². The van der Waals surface area contributed by atoms with Crippen LogP contribution in [0, 0.1) is 0 Å².